The molecule has 1 aliphatic heterocycles. The molecule has 1 heterocycles. The quantitative estimate of drug-likeness (QED) is 0.556. The third-order valence-corrected chi connectivity index (χ3v) is 3.08. The molecule has 0 aromatic carbocycles. The van der Waals surface area contributed by atoms with Crippen LogP contribution in [-0.4, -0.2) is 18.0 Å². The topological polar surface area (TPSA) is 18.5 Å². The third kappa shape index (κ3) is 1.38. The van der Waals surface area contributed by atoms with Gasteiger partial charge in [-0.3, -0.25) is 0 Å². The van der Waals surface area contributed by atoms with E-state index in [1.807, 2.05) is 0 Å². The first-order chi connectivity index (χ1) is 5.72. The van der Waals surface area contributed by atoms with Crippen molar-refractivity contribution in [2.75, 3.05) is 0 Å². The second-order valence-corrected chi connectivity index (χ2v) is 4.12. The van der Waals surface area contributed by atoms with Crippen LogP contribution < -0.4 is 0 Å². The first-order valence-electron chi connectivity index (χ1n) is 5.07. The highest BCUT2D eigenvalue weighted by molar-refractivity contribution is 4.84. The molecule has 0 amide bonds. The van der Waals surface area contributed by atoms with E-state index in [2.05, 4.69) is 13.8 Å². The zero-order valence-corrected chi connectivity index (χ0v) is 8.01. The molecule has 12 heavy (non-hydrogen) atoms. The number of hydrogen-bond donors (Lipinski definition) is 0. The minimum atomic E-state index is -0.183. The first kappa shape index (κ1) is 8.52. The van der Waals surface area contributed by atoms with Crippen molar-refractivity contribution in [1.29, 1.82) is 0 Å². The van der Waals surface area contributed by atoms with Gasteiger partial charge in [0.2, 0.25) is 0 Å². The summed E-state index contributed by atoms with van der Waals surface area (Å²) in [5.41, 5.74) is 0. The average molecular weight is 170 g/mol. The van der Waals surface area contributed by atoms with Crippen LogP contribution in [0, 0.1) is 0 Å². The standard InChI is InChI=1S/C10H18O2/c1-8-9(2)12-10(11-8)6-4-3-5-7-10/h8-9H,3-7H2,1-2H3/t8-,9-/m1/s1. The summed E-state index contributed by atoms with van der Waals surface area (Å²) in [4.78, 5) is 0. The van der Waals surface area contributed by atoms with Gasteiger partial charge in [0.05, 0.1) is 12.2 Å². The summed E-state index contributed by atoms with van der Waals surface area (Å²) in [6.45, 7) is 4.21. The van der Waals surface area contributed by atoms with Gasteiger partial charge in [0.25, 0.3) is 0 Å². The lowest BCUT2D eigenvalue weighted by molar-refractivity contribution is -0.191. The molecule has 1 saturated heterocycles. The van der Waals surface area contributed by atoms with Crippen LogP contribution in [-0.2, 0) is 9.47 Å². The minimum Gasteiger partial charge on any atom is -0.344 e. The molecule has 1 spiro atoms. The summed E-state index contributed by atoms with van der Waals surface area (Å²) in [5.74, 6) is -0.183. The largest absolute Gasteiger partial charge is 0.344 e. The van der Waals surface area contributed by atoms with Crippen LogP contribution in [0.5, 0.6) is 0 Å². The van der Waals surface area contributed by atoms with Crippen LogP contribution in [0.25, 0.3) is 0 Å². The van der Waals surface area contributed by atoms with Crippen LogP contribution in [0.3, 0.4) is 0 Å². The maximum Gasteiger partial charge on any atom is 0.169 e. The van der Waals surface area contributed by atoms with Crippen molar-refractivity contribution in [2.24, 2.45) is 0 Å². The molecule has 2 fully saturated rings. The van der Waals surface area contributed by atoms with E-state index in [1.165, 1.54) is 19.3 Å². The summed E-state index contributed by atoms with van der Waals surface area (Å²) >= 11 is 0. The molecule has 1 saturated carbocycles. The molecule has 1 aliphatic carbocycles. The monoisotopic (exact) mass is 170 g/mol. The molecule has 2 rings (SSSR count). The minimum absolute atomic E-state index is 0.183. The Labute approximate surface area is 74.2 Å². The molecule has 0 unspecified atom stereocenters. The molecular weight excluding hydrogens is 152 g/mol. The van der Waals surface area contributed by atoms with Gasteiger partial charge in [0, 0.05) is 12.8 Å². The Bertz CT molecular complexity index is 149. The van der Waals surface area contributed by atoms with Crippen LogP contribution in [0.1, 0.15) is 46.0 Å². The average Bonchev–Trinajstić information content (AvgIpc) is 2.29. The maximum atomic E-state index is 5.88. The fraction of sp³-hybridized carbons (Fsp3) is 1.00. The smallest absolute Gasteiger partial charge is 0.169 e. The predicted molar refractivity (Wildman–Crippen MR) is 46.9 cm³/mol. The summed E-state index contributed by atoms with van der Waals surface area (Å²) in [6, 6.07) is 0. The van der Waals surface area contributed by atoms with Gasteiger partial charge in [-0.15, -0.1) is 0 Å². The van der Waals surface area contributed by atoms with Gasteiger partial charge in [0.1, 0.15) is 0 Å². The van der Waals surface area contributed by atoms with Gasteiger partial charge in [-0.05, 0) is 26.7 Å². The summed E-state index contributed by atoms with van der Waals surface area (Å²) in [7, 11) is 0. The van der Waals surface area contributed by atoms with E-state index >= 15 is 0 Å². The number of ether oxygens (including phenoxy) is 2. The van der Waals surface area contributed by atoms with Crippen LogP contribution >= 0.6 is 0 Å². The van der Waals surface area contributed by atoms with E-state index < -0.39 is 0 Å². The Hall–Kier alpha value is -0.0800. The van der Waals surface area contributed by atoms with E-state index in [-0.39, 0.29) is 18.0 Å². The molecule has 0 bridgehead atoms. The molecule has 2 atom stereocenters. The fourth-order valence-electron chi connectivity index (χ4n) is 2.22. The molecule has 70 valence electrons. The Morgan fingerprint density at radius 3 is 1.92 bits per heavy atom. The molecule has 0 N–H and O–H groups in total. The Balaban J connectivity index is 2.02. The Kier molecular flexibility index (Phi) is 2.13. The van der Waals surface area contributed by atoms with Gasteiger partial charge < -0.3 is 9.47 Å². The van der Waals surface area contributed by atoms with Crippen LogP contribution in [0.4, 0.5) is 0 Å². The lowest BCUT2D eigenvalue weighted by Crippen LogP contribution is -2.33. The highest BCUT2D eigenvalue weighted by atomic mass is 16.8. The molecule has 0 radical (unpaired) electrons. The predicted octanol–water partition coefficient (Wildman–Crippen LogP) is 2.47. The Morgan fingerprint density at radius 2 is 1.42 bits per heavy atom. The van der Waals surface area contributed by atoms with Crippen molar-refractivity contribution >= 4 is 0 Å². The van der Waals surface area contributed by atoms with Crippen LogP contribution in [0.15, 0.2) is 0 Å². The highest BCUT2D eigenvalue weighted by Gasteiger charge is 2.44. The lowest BCUT2D eigenvalue weighted by Gasteiger charge is -2.31. The fourth-order valence-corrected chi connectivity index (χ4v) is 2.22. The third-order valence-electron chi connectivity index (χ3n) is 3.08. The normalized spacial score (nSPS) is 40.5. The van der Waals surface area contributed by atoms with Gasteiger partial charge in [0.15, 0.2) is 5.79 Å². The van der Waals surface area contributed by atoms with E-state index in [0.717, 1.165) is 12.8 Å². The SMILES string of the molecule is C[C@H]1OC2(CCCCC2)O[C@@H]1C. The molecule has 2 heteroatoms. The first-order valence-corrected chi connectivity index (χ1v) is 5.07. The van der Waals surface area contributed by atoms with Crippen molar-refractivity contribution in [1.82, 2.24) is 0 Å². The van der Waals surface area contributed by atoms with Gasteiger partial charge in [-0.1, -0.05) is 6.42 Å². The Morgan fingerprint density at radius 1 is 0.917 bits per heavy atom. The van der Waals surface area contributed by atoms with Crippen molar-refractivity contribution < 1.29 is 9.47 Å². The molecule has 0 aromatic heterocycles. The van der Waals surface area contributed by atoms with Crippen molar-refractivity contribution in [3.63, 3.8) is 0 Å². The molecular formula is C10H18O2. The van der Waals surface area contributed by atoms with E-state index in [4.69, 9.17) is 9.47 Å². The second kappa shape index (κ2) is 3.00. The summed E-state index contributed by atoms with van der Waals surface area (Å²) in [6.07, 6.45) is 6.63. The summed E-state index contributed by atoms with van der Waals surface area (Å²) in [5, 5.41) is 0. The molecule has 2 nitrogen and oxygen atoms in total. The zero-order chi connectivity index (χ0) is 8.60. The maximum absolute atomic E-state index is 5.88. The number of hydrogen-bond acceptors (Lipinski definition) is 2. The van der Waals surface area contributed by atoms with Gasteiger partial charge >= 0.3 is 0 Å². The molecule has 0 aromatic rings. The van der Waals surface area contributed by atoms with E-state index in [0.29, 0.717) is 0 Å². The van der Waals surface area contributed by atoms with Crippen LogP contribution in [0.2, 0.25) is 0 Å². The van der Waals surface area contributed by atoms with Crippen molar-refractivity contribution in [2.45, 2.75) is 63.9 Å². The van der Waals surface area contributed by atoms with Gasteiger partial charge in [-0.2, -0.15) is 0 Å². The van der Waals surface area contributed by atoms with E-state index in [9.17, 15) is 0 Å². The second-order valence-electron chi connectivity index (χ2n) is 4.12. The van der Waals surface area contributed by atoms with Gasteiger partial charge in [-0.25, -0.2) is 0 Å². The summed E-state index contributed by atoms with van der Waals surface area (Å²) < 4.78 is 11.8. The van der Waals surface area contributed by atoms with E-state index in [1.54, 1.807) is 0 Å². The highest BCUT2D eigenvalue weighted by Crippen LogP contribution is 2.39. The lowest BCUT2D eigenvalue weighted by atomic mass is 9.94. The number of rotatable bonds is 0. The zero-order valence-electron chi connectivity index (χ0n) is 8.01. The van der Waals surface area contributed by atoms with Crippen molar-refractivity contribution in [3.8, 4) is 0 Å². The van der Waals surface area contributed by atoms with Crippen molar-refractivity contribution in [3.05, 3.63) is 0 Å². The molecule has 2 aliphatic rings.